The van der Waals surface area contributed by atoms with Crippen LogP contribution >= 0.6 is 22.6 Å². The highest BCUT2D eigenvalue weighted by Crippen LogP contribution is 2.13. The van der Waals surface area contributed by atoms with Crippen LogP contribution in [0.1, 0.15) is 32.1 Å². The molecule has 1 unspecified atom stereocenters. The van der Waals surface area contributed by atoms with Gasteiger partial charge in [-0.25, -0.2) is 0 Å². The molecule has 0 aliphatic carbocycles. The Morgan fingerprint density at radius 1 is 1.46 bits per heavy atom. The van der Waals surface area contributed by atoms with Crippen molar-refractivity contribution in [2.45, 2.75) is 38.4 Å². The molecule has 13 heavy (non-hydrogen) atoms. The topological polar surface area (TPSA) is 18.5 Å². The van der Waals surface area contributed by atoms with E-state index in [9.17, 15) is 0 Å². The molecule has 2 nitrogen and oxygen atoms in total. The van der Waals surface area contributed by atoms with Crippen molar-refractivity contribution in [2.24, 2.45) is 0 Å². The van der Waals surface area contributed by atoms with Gasteiger partial charge in [-0.1, -0.05) is 28.7 Å². The molecule has 0 spiro atoms. The Morgan fingerprint density at radius 3 is 3.08 bits per heavy atom. The fourth-order valence-corrected chi connectivity index (χ4v) is 1.68. The van der Waals surface area contributed by atoms with E-state index in [2.05, 4.69) is 32.7 Å². The maximum absolute atomic E-state index is 5.57. The van der Waals surface area contributed by atoms with E-state index < -0.39 is 0 Å². The van der Waals surface area contributed by atoms with E-state index in [0.29, 0.717) is 0 Å². The zero-order chi connectivity index (χ0) is 9.36. The summed E-state index contributed by atoms with van der Waals surface area (Å²) in [6.45, 7) is 1.70. The number of hydrogen-bond donors (Lipinski definition) is 0. The van der Waals surface area contributed by atoms with Gasteiger partial charge in [-0.2, -0.15) is 0 Å². The third-order valence-electron chi connectivity index (χ3n) is 2.05. The van der Waals surface area contributed by atoms with Crippen molar-refractivity contribution in [3.63, 3.8) is 0 Å². The Hall–Kier alpha value is 0.390. The van der Waals surface area contributed by atoms with Crippen molar-refractivity contribution < 1.29 is 9.47 Å². The highest BCUT2D eigenvalue weighted by atomic mass is 127. The molecule has 76 valence electrons. The lowest BCUT2D eigenvalue weighted by molar-refractivity contribution is -0.162. The molecule has 1 fully saturated rings. The molecule has 1 saturated heterocycles. The average Bonchev–Trinajstić information content (AvgIpc) is 2.19. The molecule has 1 heterocycles. The summed E-state index contributed by atoms with van der Waals surface area (Å²) < 4.78 is 13.1. The number of hydrogen-bond acceptors (Lipinski definition) is 2. The van der Waals surface area contributed by atoms with Gasteiger partial charge in [0.2, 0.25) is 0 Å². The molecule has 0 aromatic rings. The highest BCUT2D eigenvalue weighted by Gasteiger charge is 2.12. The van der Waals surface area contributed by atoms with E-state index >= 15 is 0 Å². The molecule has 0 N–H and O–H groups in total. The minimum absolute atomic E-state index is 0.0809. The van der Waals surface area contributed by atoms with Gasteiger partial charge in [0.1, 0.15) is 0 Å². The fraction of sp³-hybridized carbons (Fsp3) is 0.800. The van der Waals surface area contributed by atoms with Gasteiger partial charge in [-0.15, -0.1) is 0 Å². The number of ether oxygens (including phenoxy) is 2. The smallest absolute Gasteiger partial charge is 0.157 e. The normalized spacial score (nSPS) is 23.9. The molecule has 1 aliphatic rings. The predicted molar refractivity (Wildman–Crippen MR) is 61.9 cm³/mol. The van der Waals surface area contributed by atoms with Crippen LogP contribution in [0.3, 0.4) is 0 Å². The summed E-state index contributed by atoms with van der Waals surface area (Å²) in [6, 6.07) is 0. The summed E-state index contributed by atoms with van der Waals surface area (Å²) in [7, 11) is 0. The van der Waals surface area contributed by atoms with Crippen LogP contribution in [-0.2, 0) is 9.47 Å². The summed E-state index contributed by atoms with van der Waals surface area (Å²) in [5, 5.41) is 0. The van der Waals surface area contributed by atoms with Gasteiger partial charge in [0.05, 0.1) is 6.61 Å². The summed E-state index contributed by atoms with van der Waals surface area (Å²) in [6.07, 6.45) is 7.95. The molecule has 1 atom stereocenters. The lowest BCUT2D eigenvalue weighted by Crippen LogP contribution is -2.22. The first-order chi connectivity index (χ1) is 6.43. The van der Waals surface area contributed by atoms with Gasteiger partial charge in [-0.05, 0) is 36.2 Å². The lowest BCUT2D eigenvalue weighted by Gasteiger charge is -2.22. The monoisotopic (exact) mass is 296 g/mol. The fourth-order valence-electron chi connectivity index (χ4n) is 1.32. The Labute approximate surface area is 93.8 Å². The van der Waals surface area contributed by atoms with Crippen LogP contribution in [0.4, 0.5) is 0 Å². The predicted octanol–water partition coefficient (Wildman–Crippen LogP) is 3.26. The van der Waals surface area contributed by atoms with Crippen molar-refractivity contribution in [3.8, 4) is 0 Å². The molecule has 0 aromatic carbocycles. The van der Waals surface area contributed by atoms with Gasteiger partial charge >= 0.3 is 0 Å². The molecule has 0 saturated carbocycles. The van der Waals surface area contributed by atoms with Crippen molar-refractivity contribution in [2.75, 3.05) is 13.2 Å². The van der Waals surface area contributed by atoms with Gasteiger partial charge in [0.15, 0.2) is 6.29 Å². The summed E-state index contributed by atoms with van der Waals surface area (Å²) in [5.41, 5.74) is 0. The van der Waals surface area contributed by atoms with Gasteiger partial charge < -0.3 is 9.47 Å². The second kappa shape index (κ2) is 7.76. The van der Waals surface area contributed by atoms with Gasteiger partial charge in [0.25, 0.3) is 0 Å². The van der Waals surface area contributed by atoms with Crippen LogP contribution < -0.4 is 0 Å². The zero-order valence-electron chi connectivity index (χ0n) is 7.88. The van der Waals surface area contributed by atoms with Crippen LogP contribution in [0.5, 0.6) is 0 Å². The molecule has 1 aliphatic heterocycles. The molecule has 3 heteroatoms. The van der Waals surface area contributed by atoms with Crippen LogP contribution in [0.2, 0.25) is 0 Å². The summed E-state index contributed by atoms with van der Waals surface area (Å²) >= 11 is 2.24. The number of allylic oxidation sites excluding steroid dienone is 1. The van der Waals surface area contributed by atoms with Crippen LogP contribution in [0.15, 0.2) is 10.2 Å². The first-order valence-electron chi connectivity index (χ1n) is 4.92. The Bertz CT molecular complexity index is 142. The van der Waals surface area contributed by atoms with Crippen LogP contribution in [0.25, 0.3) is 0 Å². The molecule has 1 rings (SSSR count). The average molecular weight is 296 g/mol. The van der Waals surface area contributed by atoms with Crippen molar-refractivity contribution >= 4 is 22.6 Å². The minimum atomic E-state index is 0.0809. The van der Waals surface area contributed by atoms with Crippen molar-refractivity contribution in [1.29, 1.82) is 0 Å². The van der Waals surface area contributed by atoms with Crippen molar-refractivity contribution in [3.05, 3.63) is 10.2 Å². The number of halogens is 1. The lowest BCUT2D eigenvalue weighted by atomic mass is 10.2. The first kappa shape index (κ1) is 11.5. The van der Waals surface area contributed by atoms with E-state index in [1.165, 1.54) is 12.8 Å². The molecular formula is C10H17IO2. The summed E-state index contributed by atoms with van der Waals surface area (Å²) in [4.78, 5) is 0. The second-order valence-corrected chi connectivity index (χ2v) is 3.89. The Morgan fingerprint density at radius 2 is 2.38 bits per heavy atom. The van der Waals surface area contributed by atoms with E-state index in [1.807, 2.05) is 0 Å². The quantitative estimate of drug-likeness (QED) is 0.572. The maximum Gasteiger partial charge on any atom is 0.157 e. The molecule has 0 bridgehead atoms. The van der Waals surface area contributed by atoms with Crippen LogP contribution in [-0.4, -0.2) is 19.5 Å². The van der Waals surface area contributed by atoms with Crippen molar-refractivity contribution in [1.82, 2.24) is 0 Å². The third kappa shape index (κ3) is 5.65. The minimum Gasteiger partial charge on any atom is -0.353 e. The number of rotatable bonds is 5. The highest BCUT2D eigenvalue weighted by molar-refractivity contribution is 14.1. The Balaban J connectivity index is 1.92. The molecular weight excluding hydrogens is 279 g/mol. The van der Waals surface area contributed by atoms with E-state index in [1.54, 1.807) is 0 Å². The van der Waals surface area contributed by atoms with Gasteiger partial charge in [0, 0.05) is 6.61 Å². The van der Waals surface area contributed by atoms with E-state index in [4.69, 9.17) is 9.47 Å². The summed E-state index contributed by atoms with van der Waals surface area (Å²) in [5.74, 6) is 0. The standard InChI is InChI=1S/C10H17IO2/c11-7-3-1-4-8-12-10-6-2-5-9-13-10/h3,7,10H,1-2,4-6,8-9H2/b7-3+. The molecule has 0 radical (unpaired) electrons. The zero-order valence-corrected chi connectivity index (χ0v) is 10.0. The Kier molecular flexibility index (Phi) is 6.85. The second-order valence-electron chi connectivity index (χ2n) is 3.17. The molecule has 0 amide bonds. The number of unbranched alkanes of at least 4 members (excludes halogenated alkanes) is 1. The van der Waals surface area contributed by atoms with Gasteiger partial charge in [-0.3, -0.25) is 0 Å². The molecule has 0 aromatic heterocycles. The largest absolute Gasteiger partial charge is 0.353 e. The van der Waals surface area contributed by atoms with E-state index in [0.717, 1.165) is 32.5 Å². The van der Waals surface area contributed by atoms with Crippen LogP contribution in [0, 0.1) is 0 Å². The first-order valence-corrected chi connectivity index (χ1v) is 6.16. The van der Waals surface area contributed by atoms with E-state index in [-0.39, 0.29) is 6.29 Å². The third-order valence-corrected chi connectivity index (χ3v) is 2.55. The SMILES string of the molecule is I/C=C/CCCOC1CCCCO1. The maximum atomic E-state index is 5.57.